The van der Waals surface area contributed by atoms with Gasteiger partial charge in [-0.1, -0.05) is 48.5 Å². The highest BCUT2D eigenvalue weighted by Gasteiger charge is 2.31. The summed E-state index contributed by atoms with van der Waals surface area (Å²) in [5, 5.41) is 2.94. The van der Waals surface area contributed by atoms with Crippen molar-refractivity contribution in [1.29, 1.82) is 0 Å². The number of sulfonamides is 1. The molecule has 1 N–H and O–H groups in total. The van der Waals surface area contributed by atoms with E-state index in [0.717, 1.165) is 22.9 Å². The van der Waals surface area contributed by atoms with Crippen LogP contribution >= 0.6 is 0 Å². The van der Waals surface area contributed by atoms with Gasteiger partial charge in [0.05, 0.1) is 11.9 Å². The van der Waals surface area contributed by atoms with Crippen LogP contribution in [0.1, 0.15) is 48.9 Å². The van der Waals surface area contributed by atoms with Crippen LogP contribution in [0.3, 0.4) is 0 Å². The van der Waals surface area contributed by atoms with Gasteiger partial charge in [0, 0.05) is 32.0 Å². The Morgan fingerprint density at radius 3 is 2.07 bits per heavy atom. The third-order valence-corrected chi connectivity index (χ3v) is 7.81. The predicted molar refractivity (Wildman–Crippen MR) is 162 cm³/mol. The summed E-state index contributed by atoms with van der Waals surface area (Å²) < 4.78 is 40.3. The zero-order valence-electron chi connectivity index (χ0n) is 24.4. The second-order valence-electron chi connectivity index (χ2n) is 10.8. The molecule has 0 aromatic heterocycles. The van der Waals surface area contributed by atoms with Crippen LogP contribution < -0.4 is 9.62 Å². The van der Waals surface area contributed by atoms with Gasteiger partial charge in [-0.2, -0.15) is 0 Å². The van der Waals surface area contributed by atoms with Gasteiger partial charge in [0.15, 0.2) is 0 Å². The molecule has 0 aliphatic heterocycles. The van der Waals surface area contributed by atoms with E-state index in [2.05, 4.69) is 5.32 Å². The van der Waals surface area contributed by atoms with E-state index >= 15 is 0 Å². The normalized spacial score (nSPS) is 12.2. The van der Waals surface area contributed by atoms with Gasteiger partial charge in [0.25, 0.3) is 0 Å². The molecule has 1 atom stereocenters. The molecule has 3 aromatic carbocycles. The molecule has 0 radical (unpaired) electrons. The first-order valence-electron chi connectivity index (χ1n) is 13.8. The van der Waals surface area contributed by atoms with E-state index in [0.29, 0.717) is 17.7 Å². The number of rotatable bonds is 13. The maximum absolute atomic E-state index is 13.8. The van der Waals surface area contributed by atoms with Gasteiger partial charge < -0.3 is 10.2 Å². The number of carbonyl (C=O) groups excluding carboxylic acids is 2. The highest BCUT2D eigenvalue weighted by molar-refractivity contribution is 7.92. The zero-order valence-corrected chi connectivity index (χ0v) is 25.2. The van der Waals surface area contributed by atoms with E-state index in [1.807, 2.05) is 76.2 Å². The first kappa shape index (κ1) is 31.8. The number of benzene rings is 3. The van der Waals surface area contributed by atoms with Crippen molar-refractivity contribution in [2.24, 2.45) is 0 Å². The van der Waals surface area contributed by atoms with Crippen molar-refractivity contribution in [3.63, 3.8) is 0 Å². The lowest BCUT2D eigenvalue weighted by molar-refractivity contribution is -0.141. The van der Waals surface area contributed by atoms with Gasteiger partial charge in [-0.25, -0.2) is 12.8 Å². The Hall–Kier alpha value is -3.72. The summed E-state index contributed by atoms with van der Waals surface area (Å²) in [5.41, 5.74) is 4.01. The smallest absolute Gasteiger partial charge is 0.243 e. The Morgan fingerprint density at radius 1 is 0.902 bits per heavy atom. The Labute approximate surface area is 243 Å². The molecule has 9 heteroatoms. The SMILES string of the molecule is Cc1cc(C)cc(N(CCCC(=O)N(Cc2ccc(F)cc2)C(Cc2ccccc2)C(=O)NC(C)C)S(C)(=O)=O)c1. The summed E-state index contributed by atoms with van der Waals surface area (Å²) in [5.74, 6) is -0.965. The lowest BCUT2D eigenvalue weighted by Gasteiger charge is -2.32. The third-order valence-electron chi connectivity index (χ3n) is 6.61. The molecule has 7 nitrogen and oxygen atoms in total. The standard InChI is InChI=1S/C32H40FN3O4S/c1-23(2)34-32(38)30(21-26-10-7-6-8-11-26)35(22-27-13-15-28(33)16-14-27)31(37)12-9-17-36(41(5,39)40)29-19-24(3)18-25(4)20-29/h6-8,10-11,13-16,18-20,23,30H,9,12,17,21-22H2,1-5H3,(H,34,38). The Balaban J connectivity index is 1.89. The van der Waals surface area contributed by atoms with Crippen LogP contribution in [0.25, 0.3) is 0 Å². The molecule has 0 aliphatic rings. The fraction of sp³-hybridized carbons (Fsp3) is 0.375. The number of nitrogens with one attached hydrogen (secondary N) is 1. The average Bonchev–Trinajstić information content (AvgIpc) is 2.88. The fourth-order valence-corrected chi connectivity index (χ4v) is 5.77. The molecule has 41 heavy (non-hydrogen) atoms. The summed E-state index contributed by atoms with van der Waals surface area (Å²) in [7, 11) is -3.60. The van der Waals surface area contributed by atoms with Crippen LogP contribution in [0, 0.1) is 19.7 Å². The van der Waals surface area contributed by atoms with Crippen molar-refractivity contribution >= 4 is 27.5 Å². The Kier molecular flexibility index (Phi) is 11.1. The summed E-state index contributed by atoms with van der Waals surface area (Å²) in [6.07, 6.45) is 1.73. The molecule has 3 aromatic rings. The zero-order chi connectivity index (χ0) is 30.2. The highest BCUT2D eigenvalue weighted by atomic mass is 32.2. The van der Waals surface area contributed by atoms with Gasteiger partial charge in [0.1, 0.15) is 11.9 Å². The number of halogens is 1. The first-order valence-corrected chi connectivity index (χ1v) is 15.6. The number of anilines is 1. The number of hydrogen-bond donors (Lipinski definition) is 1. The summed E-state index contributed by atoms with van der Waals surface area (Å²) in [6, 6.07) is 19.9. The summed E-state index contributed by atoms with van der Waals surface area (Å²) in [4.78, 5) is 28.8. The Morgan fingerprint density at radius 2 is 1.51 bits per heavy atom. The van der Waals surface area contributed by atoms with Crippen molar-refractivity contribution in [3.8, 4) is 0 Å². The number of aryl methyl sites for hydroxylation is 2. The van der Waals surface area contributed by atoms with E-state index in [9.17, 15) is 22.4 Å². The molecule has 0 aliphatic carbocycles. The minimum atomic E-state index is -3.60. The number of nitrogens with zero attached hydrogens (tertiary/aromatic N) is 2. The molecule has 220 valence electrons. The van der Waals surface area contributed by atoms with Gasteiger partial charge in [-0.15, -0.1) is 0 Å². The molecule has 1 unspecified atom stereocenters. The third kappa shape index (κ3) is 9.70. The van der Waals surface area contributed by atoms with Crippen molar-refractivity contribution in [2.45, 2.75) is 65.6 Å². The number of carbonyl (C=O) groups is 2. The topological polar surface area (TPSA) is 86.8 Å². The van der Waals surface area contributed by atoms with Crippen molar-refractivity contribution in [1.82, 2.24) is 10.2 Å². The molecule has 0 fully saturated rings. The molecular weight excluding hydrogens is 541 g/mol. The van der Waals surface area contributed by atoms with Gasteiger partial charge in [0.2, 0.25) is 21.8 Å². The van der Waals surface area contributed by atoms with E-state index in [4.69, 9.17) is 0 Å². The minimum absolute atomic E-state index is 0.0261. The lowest BCUT2D eigenvalue weighted by Crippen LogP contribution is -2.51. The van der Waals surface area contributed by atoms with Crippen molar-refractivity contribution in [2.75, 3.05) is 17.1 Å². The average molecular weight is 582 g/mol. The second-order valence-corrected chi connectivity index (χ2v) is 12.7. The van der Waals surface area contributed by atoms with E-state index < -0.39 is 21.9 Å². The van der Waals surface area contributed by atoms with Crippen LogP contribution in [0.2, 0.25) is 0 Å². The van der Waals surface area contributed by atoms with E-state index in [1.165, 1.54) is 21.3 Å². The molecular formula is C32H40FN3O4S. The monoisotopic (exact) mass is 581 g/mol. The van der Waals surface area contributed by atoms with Crippen LogP contribution in [-0.4, -0.2) is 50.0 Å². The Bertz CT molecular complexity index is 1410. The summed E-state index contributed by atoms with van der Waals surface area (Å²) >= 11 is 0. The first-order chi connectivity index (χ1) is 19.3. The molecule has 0 saturated carbocycles. The molecule has 0 bridgehead atoms. The van der Waals surface area contributed by atoms with Crippen LogP contribution in [-0.2, 0) is 32.6 Å². The summed E-state index contributed by atoms with van der Waals surface area (Å²) in [6.45, 7) is 7.74. The van der Waals surface area contributed by atoms with Crippen molar-refractivity contribution in [3.05, 3.63) is 101 Å². The van der Waals surface area contributed by atoms with Gasteiger partial charge in [-0.05, 0) is 80.6 Å². The number of amides is 2. The highest BCUT2D eigenvalue weighted by Crippen LogP contribution is 2.23. The molecule has 0 heterocycles. The van der Waals surface area contributed by atoms with Crippen LogP contribution in [0.4, 0.5) is 10.1 Å². The van der Waals surface area contributed by atoms with Crippen LogP contribution in [0.15, 0.2) is 72.8 Å². The predicted octanol–water partition coefficient (Wildman–Crippen LogP) is 5.15. The quantitative estimate of drug-likeness (QED) is 0.302. The maximum Gasteiger partial charge on any atom is 0.243 e. The second kappa shape index (κ2) is 14.3. The molecule has 0 spiro atoms. The molecule has 2 amide bonds. The van der Waals surface area contributed by atoms with Crippen molar-refractivity contribution < 1.29 is 22.4 Å². The van der Waals surface area contributed by atoms with Gasteiger partial charge >= 0.3 is 0 Å². The minimum Gasteiger partial charge on any atom is -0.352 e. The van der Waals surface area contributed by atoms with E-state index in [1.54, 1.807) is 12.1 Å². The van der Waals surface area contributed by atoms with Crippen LogP contribution in [0.5, 0.6) is 0 Å². The maximum atomic E-state index is 13.8. The van der Waals surface area contributed by atoms with E-state index in [-0.39, 0.29) is 43.8 Å². The fourth-order valence-electron chi connectivity index (χ4n) is 4.82. The van der Waals surface area contributed by atoms with Gasteiger partial charge in [-0.3, -0.25) is 13.9 Å². The molecule has 3 rings (SSSR count). The molecule has 0 saturated heterocycles. The lowest BCUT2D eigenvalue weighted by atomic mass is 10.0. The number of hydrogen-bond acceptors (Lipinski definition) is 4. The largest absolute Gasteiger partial charge is 0.352 e.